The second kappa shape index (κ2) is 9.48. The first-order valence-corrected chi connectivity index (χ1v) is 9.17. The fourth-order valence-electron chi connectivity index (χ4n) is 3.19. The van der Waals surface area contributed by atoms with Crippen LogP contribution < -0.4 is 10.6 Å². The van der Waals surface area contributed by atoms with Gasteiger partial charge in [0.05, 0.1) is 12.2 Å². The van der Waals surface area contributed by atoms with Crippen LogP contribution in [0.1, 0.15) is 30.3 Å². The summed E-state index contributed by atoms with van der Waals surface area (Å²) in [6.45, 7) is 2.41. The quantitative estimate of drug-likeness (QED) is 0.655. The molecule has 1 aromatic carbocycles. The van der Waals surface area contributed by atoms with Crippen molar-refractivity contribution in [2.75, 3.05) is 13.1 Å². The van der Waals surface area contributed by atoms with Crippen molar-refractivity contribution in [2.45, 2.75) is 31.8 Å². The van der Waals surface area contributed by atoms with Crippen LogP contribution in [0.4, 0.5) is 0 Å². The van der Waals surface area contributed by atoms with Crippen molar-refractivity contribution in [1.29, 1.82) is 0 Å². The minimum Gasteiger partial charge on any atom is -0.347 e. The van der Waals surface area contributed by atoms with Crippen LogP contribution in [0.5, 0.6) is 0 Å². The summed E-state index contributed by atoms with van der Waals surface area (Å²) >= 11 is 0. The molecule has 1 aliphatic heterocycles. The Morgan fingerprint density at radius 3 is 2.93 bits per heavy atom. The summed E-state index contributed by atoms with van der Waals surface area (Å²) in [5.41, 5.74) is 1.89. The minimum absolute atomic E-state index is 0. The number of rotatable bonds is 6. The van der Waals surface area contributed by atoms with Gasteiger partial charge in [-0.05, 0) is 37.6 Å². The third kappa shape index (κ3) is 4.96. The highest BCUT2D eigenvalue weighted by Crippen LogP contribution is 2.21. The molecule has 2 aromatic heterocycles. The van der Waals surface area contributed by atoms with Gasteiger partial charge in [0.2, 0.25) is 5.91 Å². The zero-order chi connectivity index (χ0) is 18.5. The van der Waals surface area contributed by atoms with Gasteiger partial charge in [-0.3, -0.25) is 9.48 Å². The van der Waals surface area contributed by atoms with Crippen molar-refractivity contribution in [3.8, 4) is 11.5 Å². The number of amides is 1. The van der Waals surface area contributed by atoms with Crippen molar-refractivity contribution < 1.29 is 9.32 Å². The molecule has 1 saturated heterocycles. The molecule has 0 radical (unpaired) electrons. The molecule has 28 heavy (non-hydrogen) atoms. The molecule has 3 aromatic rings. The van der Waals surface area contributed by atoms with E-state index in [4.69, 9.17) is 4.52 Å². The molecule has 1 amide bonds. The third-order valence-corrected chi connectivity index (χ3v) is 4.61. The summed E-state index contributed by atoms with van der Waals surface area (Å²) in [6, 6.07) is 11.5. The topological polar surface area (TPSA) is 97.9 Å². The lowest BCUT2D eigenvalue weighted by Gasteiger charge is -2.20. The van der Waals surface area contributed by atoms with Crippen molar-refractivity contribution in [3.63, 3.8) is 0 Å². The Kier molecular flexibility index (Phi) is 6.78. The highest BCUT2D eigenvalue weighted by molar-refractivity contribution is 5.85. The Bertz CT molecular complexity index is 889. The van der Waals surface area contributed by atoms with Crippen molar-refractivity contribution in [2.24, 2.45) is 0 Å². The van der Waals surface area contributed by atoms with Crippen LogP contribution in [0, 0.1) is 0 Å². The molecular formula is C19H23ClN6O2. The fourth-order valence-corrected chi connectivity index (χ4v) is 3.19. The fraction of sp³-hybridized carbons (Fsp3) is 0.368. The van der Waals surface area contributed by atoms with Gasteiger partial charge in [-0.25, -0.2) is 0 Å². The second-order valence-electron chi connectivity index (χ2n) is 6.64. The van der Waals surface area contributed by atoms with Crippen LogP contribution in [-0.2, 0) is 17.9 Å². The molecule has 1 fully saturated rings. The van der Waals surface area contributed by atoms with Gasteiger partial charge in [-0.2, -0.15) is 10.1 Å². The maximum absolute atomic E-state index is 12.2. The van der Waals surface area contributed by atoms with E-state index >= 15 is 0 Å². The van der Waals surface area contributed by atoms with E-state index in [0.717, 1.165) is 37.2 Å². The van der Waals surface area contributed by atoms with E-state index in [1.165, 1.54) is 0 Å². The van der Waals surface area contributed by atoms with Gasteiger partial charge in [0.25, 0.3) is 5.89 Å². The van der Waals surface area contributed by atoms with Gasteiger partial charge in [0.15, 0.2) is 5.82 Å². The highest BCUT2D eigenvalue weighted by Gasteiger charge is 2.18. The zero-order valence-electron chi connectivity index (χ0n) is 15.4. The molecule has 0 bridgehead atoms. The van der Waals surface area contributed by atoms with Crippen LogP contribution in [-0.4, -0.2) is 38.9 Å². The predicted molar refractivity (Wildman–Crippen MR) is 106 cm³/mol. The van der Waals surface area contributed by atoms with Crippen LogP contribution >= 0.6 is 12.4 Å². The number of nitrogens with zero attached hydrogens (tertiary/aromatic N) is 4. The average molecular weight is 403 g/mol. The number of hydrogen-bond donors (Lipinski definition) is 2. The van der Waals surface area contributed by atoms with E-state index < -0.39 is 0 Å². The smallest absolute Gasteiger partial charge is 0.257 e. The van der Waals surface area contributed by atoms with Crippen LogP contribution in [0.15, 0.2) is 47.1 Å². The molecule has 0 spiro atoms. The summed E-state index contributed by atoms with van der Waals surface area (Å²) in [4.78, 5) is 16.5. The third-order valence-electron chi connectivity index (χ3n) is 4.61. The monoisotopic (exact) mass is 402 g/mol. The summed E-state index contributed by atoms with van der Waals surface area (Å²) < 4.78 is 6.91. The van der Waals surface area contributed by atoms with Crippen molar-refractivity contribution in [1.82, 2.24) is 30.6 Å². The van der Waals surface area contributed by atoms with Crippen LogP contribution in [0.25, 0.3) is 11.5 Å². The van der Waals surface area contributed by atoms with E-state index in [1.54, 1.807) is 4.68 Å². The van der Waals surface area contributed by atoms with Gasteiger partial charge in [-0.1, -0.05) is 23.4 Å². The molecule has 2 N–H and O–H groups in total. The Labute approximate surface area is 169 Å². The highest BCUT2D eigenvalue weighted by atomic mass is 35.5. The van der Waals surface area contributed by atoms with E-state index in [9.17, 15) is 4.79 Å². The molecule has 0 saturated carbocycles. The number of piperidine rings is 1. The normalized spacial score (nSPS) is 16.4. The Morgan fingerprint density at radius 2 is 2.14 bits per heavy atom. The maximum Gasteiger partial charge on any atom is 0.257 e. The lowest BCUT2D eigenvalue weighted by molar-refractivity contribution is -0.122. The molecular weight excluding hydrogens is 380 g/mol. The van der Waals surface area contributed by atoms with Gasteiger partial charge < -0.3 is 15.2 Å². The second-order valence-corrected chi connectivity index (χ2v) is 6.64. The summed E-state index contributed by atoms with van der Waals surface area (Å²) in [5.74, 6) is 1.17. The van der Waals surface area contributed by atoms with E-state index in [2.05, 4.69) is 25.9 Å². The number of carbonyl (C=O) groups is 1. The zero-order valence-corrected chi connectivity index (χ0v) is 16.2. The Balaban J connectivity index is 0.00000225. The number of aromatic nitrogens is 4. The van der Waals surface area contributed by atoms with Crippen LogP contribution in [0.3, 0.4) is 0 Å². The van der Waals surface area contributed by atoms with Crippen molar-refractivity contribution in [3.05, 3.63) is 54.1 Å². The van der Waals surface area contributed by atoms with Crippen molar-refractivity contribution >= 4 is 18.3 Å². The number of halogens is 1. The van der Waals surface area contributed by atoms with E-state index in [0.29, 0.717) is 17.6 Å². The molecule has 8 nitrogen and oxygen atoms in total. The van der Waals surface area contributed by atoms with Crippen LogP contribution in [0.2, 0.25) is 0 Å². The Hall–Kier alpha value is -2.71. The number of benzene rings is 1. The predicted octanol–water partition coefficient (Wildman–Crippen LogP) is 2.14. The molecule has 0 aliphatic carbocycles. The summed E-state index contributed by atoms with van der Waals surface area (Å²) in [5, 5.41) is 14.6. The molecule has 3 heterocycles. The molecule has 4 rings (SSSR count). The number of nitrogens with one attached hydrogen (secondary N) is 2. The average Bonchev–Trinajstić information content (AvgIpc) is 3.37. The number of hydrogen-bond acceptors (Lipinski definition) is 6. The number of carbonyl (C=O) groups excluding carboxylic acids is 1. The SMILES string of the molecule is Cl.O=C(Cn1ccc(C2CCCNC2)n1)NCc1noc(-c2ccccc2)n1. The molecule has 1 unspecified atom stereocenters. The standard InChI is InChI=1S/C19H22N6O2.ClH/c26-18(13-25-10-8-16(23-25)15-7-4-9-20-11-15)21-12-17-22-19(27-24-17)14-5-2-1-3-6-14;/h1-3,5-6,8,10,15,20H,4,7,9,11-13H2,(H,21,26);1H. The maximum atomic E-state index is 12.2. The van der Waals surface area contributed by atoms with Gasteiger partial charge in [0, 0.05) is 24.2 Å². The van der Waals surface area contributed by atoms with Gasteiger partial charge in [0.1, 0.15) is 6.54 Å². The molecule has 148 valence electrons. The van der Waals surface area contributed by atoms with Gasteiger partial charge >= 0.3 is 0 Å². The van der Waals surface area contributed by atoms with Gasteiger partial charge in [-0.15, -0.1) is 12.4 Å². The minimum atomic E-state index is -0.141. The molecule has 9 heteroatoms. The summed E-state index contributed by atoms with van der Waals surface area (Å²) in [7, 11) is 0. The first-order valence-electron chi connectivity index (χ1n) is 9.17. The molecule has 1 atom stereocenters. The first-order chi connectivity index (χ1) is 13.3. The largest absolute Gasteiger partial charge is 0.347 e. The van der Waals surface area contributed by atoms with E-state index in [-0.39, 0.29) is 31.4 Å². The lowest BCUT2D eigenvalue weighted by atomic mass is 9.97. The Morgan fingerprint density at radius 1 is 1.29 bits per heavy atom. The summed E-state index contributed by atoms with van der Waals surface area (Å²) in [6.07, 6.45) is 4.15. The van der Waals surface area contributed by atoms with E-state index in [1.807, 2.05) is 42.6 Å². The lowest BCUT2D eigenvalue weighted by Crippen LogP contribution is -2.29. The first kappa shape index (κ1) is 20.0. The molecule has 1 aliphatic rings.